The summed E-state index contributed by atoms with van der Waals surface area (Å²) in [5, 5.41) is 8.55. The molecule has 2 unspecified atom stereocenters. The largest absolute Gasteiger partial charge is 0.481 e. The summed E-state index contributed by atoms with van der Waals surface area (Å²) >= 11 is 1.35. The number of rotatable bonds is 6. The van der Waals surface area contributed by atoms with E-state index in [0.717, 1.165) is 22.6 Å². The first-order valence-corrected chi connectivity index (χ1v) is 9.75. The number of hydrogen-bond donors (Lipinski definition) is 1. The number of para-hydroxylation sites is 1. The van der Waals surface area contributed by atoms with Crippen LogP contribution in [0.2, 0.25) is 0 Å². The van der Waals surface area contributed by atoms with Crippen LogP contribution in [0.5, 0.6) is 0 Å². The van der Waals surface area contributed by atoms with Gasteiger partial charge in [0.2, 0.25) is 5.91 Å². The van der Waals surface area contributed by atoms with E-state index < -0.39 is 11.2 Å². The minimum atomic E-state index is -0.951. The van der Waals surface area contributed by atoms with E-state index in [0.29, 0.717) is 12.5 Å². The molecule has 0 aromatic heterocycles. The predicted molar refractivity (Wildman–Crippen MR) is 105 cm³/mol. The number of carbonyl (C=O) groups is 2. The third kappa shape index (κ3) is 3.93. The lowest BCUT2D eigenvalue weighted by Gasteiger charge is -2.33. The minimum absolute atomic E-state index is 0.137. The van der Waals surface area contributed by atoms with E-state index >= 15 is 0 Å². The number of nitrogens with zero attached hydrogens (tertiary/aromatic N) is 1. The number of carboxylic acid groups (broad SMARTS) is 1. The van der Waals surface area contributed by atoms with Gasteiger partial charge in [-0.15, -0.1) is 11.8 Å². The first-order valence-electron chi connectivity index (χ1n) is 8.87. The van der Waals surface area contributed by atoms with Crippen LogP contribution in [-0.4, -0.2) is 22.2 Å². The van der Waals surface area contributed by atoms with Gasteiger partial charge in [-0.25, -0.2) is 0 Å². The van der Waals surface area contributed by atoms with Crippen LogP contribution in [0.25, 0.3) is 0 Å². The standard InChI is InChI=1S/C21H23NO3S/c1-3-14(2)16-10-8-15(9-11-16)13-22-17-6-4-5-7-18(17)26-19(21(22)25)12-20(23)24/h4-11,14,19H,3,12-13H2,1-2H3,(H,23,24). The van der Waals surface area contributed by atoms with Crippen molar-refractivity contribution in [3.63, 3.8) is 0 Å². The molecule has 136 valence electrons. The van der Waals surface area contributed by atoms with Crippen LogP contribution in [0.3, 0.4) is 0 Å². The first-order chi connectivity index (χ1) is 12.5. The zero-order chi connectivity index (χ0) is 18.7. The highest BCUT2D eigenvalue weighted by Gasteiger charge is 2.34. The van der Waals surface area contributed by atoms with Crippen LogP contribution in [-0.2, 0) is 16.1 Å². The van der Waals surface area contributed by atoms with Crippen molar-refractivity contribution >= 4 is 29.3 Å². The second kappa shape index (κ2) is 7.96. The van der Waals surface area contributed by atoms with E-state index in [4.69, 9.17) is 5.11 Å². The zero-order valence-corrected chi connectivity index (χ0v) is 15.8. The summed E-state index contributed by atoms with van der Waals surface area (Å²) in [6, 6.07) is 16.0. The number of anilines is 1. The summed E-state index contributed by atoms with van der Waals surface area (Å²) in [7, 11) is 0. The minimum Gasteiger partial charge on any atom is -0.481 e. The van der Waals surface area contributed by atoms with Crippen molar-refractivity contribution in [3.05, 3.63) is 59.7 Å². The van der Waals surface area contributed by atoms with Crippen molar-refractivity contribution in [3.8, 4) is 0 Å². The summed E-state index contributed by atoms with van der Waals surface area (Å²) < 4.78 is 0. The van der Waals surface area contributed by atoms with Gasteiger partial charge in [-0.05, 0) is 35.6 Å². The molecule has 1 heterocycles. The van der Waals surface area contributed by atoms with Gasteiger partial charge in [0.1, 0.15) is 0 Å². The molecule has 2 aromatic rings. The number of carbonyl (C=O) groups excluding carboxylic acids is 1. The topological polar surface area (TPSA) is 57.6 Å². The maximum absolute atomic E-state index is 12.9. The second-order valence-electron chi connectivity index (χ2n) is 6.65. The molecule has 1 aliphatic rings. The highest BCUT2D eigenvalue weighted by molar-refractivity contribution is 8.01. The summed E-state index contributed by atoms with van der Waals surface area (Å²) in [6.45, 7) is 4.82. The highest BCUT2D eigenvalue weighted by Crippen LogP contribution is 2.40. The van der Waals surface area contributed by atoms with Crippen molar-refractivity contribution in [1.82, 2.24) is 0 Å². The Hall–Kier alpha value is -2.27. The fourth-order valence-electron chi connectivity index (χ4n) is 3.10. The maximum atomic E-state index is 12.9. The molecular formula is C21H23NO3S. The van der Waals surface area contributed by atoms with E-state index in [2.05, 4.69) is 38.1 Å². The van der Waals surface area contributed by atoms with Gasteiger partial charge in [-0.1, -0.05) is 50.2 Å². The van der Waals surface area contributed by atoms with E-state index in [1.807, 2.05) is 24.3 Å². The lowest BCUT2D eigenvalue weighted by molar-refractivity contribution is -0.138. The van der Waals surface area contributed by atoms with Gasteiger partial charge < -0.3 is 10.0 Å². The molecule has 0 fully saturated rings. The molecule has 1 amide bonds. The van der Waals surface area contributed by atoms with Crippen LogP contribution in [0.1, 0.15) is 43.7 Å². The molecule has 0 bridgehead atoms. The number of carboxylic acids is 1. The van der Waals surface area contributed by atoms with Gasteiger partial charge in [-0.2, -0.15) is 0 Å². The van der Waals surface area contributed by atoms with E-state index in [1.54, 1.807) is 4.90 Å². The molecule has 0 saturated heterocycles. The van der Waals surface area contributed by atoms with Crippen molar-refractivity contribution in [2.24, 2.45) is 0 Å². The average molecular weight is 369 g/mol. The van der Waals surface area contributed by atoms with Crippen LogP contribution >= 0.6 is 11.8 Å². The van der Waals surface area contributed by atoms with Crippen LogP contribution < -0.4 is 4.90 Å². The Morgan fingerprint density at radius 1 is 1.19 bits per heavy atom. The van der Waals surface area contributed by atoms with Gasteiger partial charge in [0.15, 0.2) is 0 Å². The molecule has 1 aliphatic heterocycles. The summed E-state index contributed by atoms with van der Waals surface area (Å²) in [4.78, 5) is 26.7. The zero-order valence-electron chi connectivity index (χ0n) is 15.0. The molecule has 0 aliphatic carbocycles. The van der Waals surface area contributed by atoms with E-state index in [-0.39, 0.29) is 12.3 Å². The smallest absolute Gasteiger partial charge is 0.305 e. The third-order valence-corrected chi connectivity index (χ3v) is 6.08. The fourth-order valence-corrected chi connectivity index (χ4v) is 4.31. The lowest BCUT2D eigenvalue weighted by atomic mass is 9.97. The predicted octanol–water partition coefficient (Wildman–Crippen LogP) is 4.68. The van der Waals surface area contributed by atoms with Gasteiger partial charge >= 0.3 is 5.97 Å². The van der Waals surface area contributed by atoms with Crippen LogP contribution in [0, 0.1) is 0 Å². The first kappa shape index (κ1) is 18.5. The molecule has 2 aromatic carbocycles. The van der Waals surface area contributed by atoms with Crippen molar-refractivity contribution in [1.29, 1.82) is 0 Å². The number of fused-ring (bicyclic) bond motifs is 1. The Balaban J connectivity index is 1.87. The van der Waals surface area contributed by atoms with Gasteiger partial charge in [0.25, 0.3) is 0 Å². The number of amides is 1. The van der Waals surface area contributed by atoms with Crippen molar-refractivity contribution in [2.45, 2.75) is 49.3 Å². The van der Waals surface area contributed by atoms with Crippen molar-refractivity contribution < 1.29 is 14.7 Å². The van der Waals surface area contributed by atoms with Crippen molar-refractivity contribution in [2.75, 3.05) is 4.90 Å². The number of aliphatic carboxylic acids is 1. The molecule has 2 atom stereocenters. The Bertz CT molecular complexity index is 803. The Labute approximate surface area is 158 Å². The Morgan fingerprint density at radius 2 is 1.88 bits per heavy atom. The molecule has 3 rings (SSSR count). The fraction of sp³-hybridized carbons (Fsp3) is 0.333. The molecule has 1 N–H and O–H groups in total. The summed E-state index contributed by atoms with van der Waals surface area (Å²) in [5.74, 6) is -0.576. The van der Waals surface area contributed by atoms with Gasteiger partial charge in [-0.3, -0.25) is 9.59 Å². The number of hydrogen-bond acceptors (Lipinski definition) is 3. The van der Waals surface area contributed by atoms with Gasteiger partial charge in [0.05, 0.1) is 23.9 Å². The molecule has 0 saturated carbocycles. The Kier molecular flexibility index (Phi) is 5.67. The molecule has 4 nitrogen and oxygen atoms in total. The summed E-state index contributed by atoms with van der Waals surface area (Å²) in [5.41, 5.74) is 3.19. The lowest BCUT2D eigenvalue weighted by Crippen LogP contribution is -2.41. The maximum Gasteiger partial charge on any atom is 0.305 e. The molecule has 0 spiro atoms. The molecule has 26 heavy (non-hydrogen) atoms. The van der Waals surface area contributed by atoms with Crippen LogP contribution in [0.4, 0.5) is 5.69 Å². The molecule has 5 heteroatoms. The summed E-state index contributed by atoms with van der Waals surface area (Å²) in [6.07, 6.45) is 0.923. The SMILES string of the molecule is CCC(C)c1ccc(CN2C(=O)C(CC(=O)O)Sc3ccccc32)cc1. The van der Waals surface area contributed by atoms with Crippen LogP contribution in [0.15, 0.2) is 53.4 Å². The molecule has 0 radical (unpaired) electrons. The molecular weight excluding hydrogens is 346 g/mol. The van der Waals surface area contributed by atoms with Gasteiger partial charge in [0, 0.05) is 4.90 Å². The second-order valence-corrected chi connectivity index (χ2v) is 7.89. The quantitative estimate of drug-likeness (QED) is 0.803. The average Bonchev–Trinajstić information content (AvgIpc) is 2.64. The number of benzene rings is 2. The Morgan fingerprint density at radius 3 is 2.54 bits per heavy atom. The van der Waals surface area contributed by atoms with E-state index in [9.17, 15) is 9.59 Å². The number of thioether (sulfide) groups is 1. The highest BCUT2D eigenvalue weighted by atomic mass is 32.2. The normalized spacial score (nSPS) is 17.7. The monoisotopic (exact) mass is 369 g/mol. The third-order valence-electron chi connectivity index (χ3n) is 4.83. The van der Waals surface area contributed by atoms with E-state index in [1.165, 1.54) is 17.3 Å².